The van der Waals surface area contributed by atoms with Crippen LogP contribution in [0.15, 0.2) is 12.4 Å². The van der Waals surface area contributed by atoms with Gasteiger partial charge in [0.25, 0.3) is 0 Å². The minimum absolute atomic E-state index is 0.181. The van der Waals surface area contributed by atoms with Crippen molar-refractivity contribution in [3.8, 4) is 0 Å². The van der Waals surface area contributed by atoms with Gasteiger partial charge in [0.15, 0.2) is 5.82 Å². The molecule has 2 aromatic heterocycles. The fourth-order valence-electron chi connectivity index (χ4n) is 1.38. The maximum atomic E-state index is 11.7. The minimum Gasteiger partial charge on any atom is -0.462 e. The Morgan fingerprint density at radius 3 is 3.17 bits per heavy atom. The third kappa shape index (κ3) is 2.59. The van der Waals surface area contributed by atoms with E-state index in [1.807, 2.05) is 0 Å². The van der Waals surface area contributed by atoms with Gasteiger partial charge in [-0.25, -0.2) is 9.78 Å². The molecule has 0 aliphatic carbocycles. The number of aromatic amines is 1. The Bertz CT molecular complexity index is 522. The molecule has 0 spiro atoms. The van der Waals surface area contributed by atoms with Crippen LogP contribution in [0, 0.1) is 0 Å². The summed E-state index contributed by atoms with van der Waals surface area (Å²) in [6.07, 6.45) is 3.38. The normalized spacial score (nSPS) is 10.3. The zero-order valence-electron chi connectivity index (χ0n) is 9.77. The molecule has 0 unspecified atom stereocenters. The van der Waals surface area contributed by atoms with Gasteiger partial charge in [0.05, 0.1) is 13.2 Å². The molecule has 7 nitrogen and oxygen atoms in total. The van der Waals surface area contributed by atoms with Crippen molar-refractivity contribution >= 4 is 28.3 Å². The van der Waals surface area contributed by atoms with Gasteiger partial charge in [-0.15, -0.1) is 0 Å². The zero-order valence-corrected chi connectivity index (χ0v) is 10.6. The molecule has 2 rings (SSSR count). The second-order valence-electron chi connectivity index (χ2n) is 3.38. The van der Waals surface area contributed by atoms with E-state index < -0.39 is 5.97 Å². The van der Waals surface area contributed by atoms with Crippen molar-refractivity contribution in [2.75, 3.05) is 17.7 Å². The number of H-pyrrole nitrogens is 1. The number of hydrogen-bond donors (Lipinski definition) is 3. The molecule has 4 N–H and O–H groups in total. The van der Waals surface area contributed by atoms with E-state index in [0.717, 1.165) is 17.4 Å². The Morgan fingerprint density at radius 2 is 2.50 bits per heavy atom. The Hall–Kier alpha value is -2.09. The Morgan fingerprint density at radius 1 is 1.67 bits per heavy atom. The fraction of sp³-hybridized carbons (Fsp3) is 0.300. The van der Waals surface area contributed by atoms with E-state index in [9.17, 15) is 4.79 Å². The van der Waals surface area contributed by atoms with Crippen molar-refractivity contribution in [2.24, 2.45) is 0 Å². The molecule has 96 valence electrons. The summed E-state index contributed by atoms with van der Waals surface area (Å²) >= 11 is 1.12. The lowest BCUT2D eigenvalue weighted by molar-refractivity contribution is 0.0529. The van der Waals surface area contributed by atoms with Crippen LogP contribution < -0.4 is 11.1 Å². The van der Waals surface area contributed by atoms with E-state index in [4.69, 9.17) is 10.5 Å². The summed E-state index contributed by atoms with van der Waals surface area (Å²) in [6, 6.07) is 0. The third-order valence-electron chi connectivity index (χ3n) is 2.17. The lowest BCUT2D eigenvalue weighted by atomic mass is 10.3. The number of aromatic nitrogens is 3. The average molecular weight is 267 g/mol. The van der Waals surface area contributed by atoms with Crippen LogP contribution in [-0.2, 0) is 11.3 Å². The molecule has 0 aromatic carbocycles. The number of nitrogens with zero attached hydrogens (tertiary/aromatic N) is 2. The van der Waals surface area contributed by atoms with Gasteiger partial charge in [-0.2, -0.15) is 4.37 Å². The fourth-order valence-corrected chi connectivity index (χ4v) is 2.08. The highest BCUT2D eigenvalue weighted by Gasteiger charge is 2.20. The second kappa shape index (κ2) is 5.50. The van der Waals surface area contributed by atoms with Gasteiger partial charge in [-0.1, -0.05) is 0 Å². The number of ether oxygens (including phenoxy) is 1. The standard InChI is InChI=1S/C10H13N5O2S/c1-2-17-10(16)7-8(11)15-18-9(7)14-5-6-12-3-4-13-6/h3-4,14H,2,5H2,1H3,(H2,11,15)(H,12,13). The van der Waals surface area contributed by atoms with Crippen LogP contribution in [0.3, 0.4) is 0 Å². The van der Waals surface area contributed by atoms with E-state index in [1.165, 1.54) is 0 Å². The number of esters is 1. The topological polar surface area (TPSA) is 106 Å². The van der Waals surface area contributed by atoms with Crippen molar-refractivity contribution in [2.45, 2.75) is 13.5 Å². The zero-order chi connectivity index (χ0) is 13.0. The van der Waals surface area contributed by atoms with Crippen molar-refractivity contribution in [1.82, 2.24) is 14.3 Å². The van der Waals surface area contributed by atoms with Gasteiger partial charge >= 0.3 is 5.97 Å². The average Bonchev–Trinajstić information content (AvgIpc) is 2.96. The SMILES string of the molecule is CCOC(=O)c1c(N)nsc1NCc1ncc[nH]1. The molecule has 2 aromatic rings. The maximum Gasteiger partial charge on any atom is 0.344 e. The van der Waals surface area contributed by atoms with Crippen LogP contribution in [-0.4, -0.2) is 26.9 Å². The molecule has 8 heteroatoms. The number of rotatable bonds is 5. The molecular weight excluding hydrogens is 254 g/mol. The Labute approximate surface area is 108 Å². The molecule has 0 bridgehead atoms. The van der Waals surface area contributed by atoms with E-state index in [-0.39, 0.29) is 11.4 Å². The summed E-state index contributed by atoms with van der Waals surface area (Å²) < 4.78 is 8.87. The molecule has 0 atom stereocenters. The summed E-state index contributed by atoms with van der Waals surface area (Å²) in [5.74, 6) is 0.475. The highest BCUT2D eigenvalue weighted by atomic mass is 32.1. The van der Waals surface area contributed by atoms with Gasteiger partial charge in [0.2, 0.25) is 0 Å². The molecule has 18 heavy (non-hydrogen) atoms. The van der Waals surface area contributed by atoms with Crippen LogP contribution >= 0.6 is 11.5 Å². The lowest BCUT2D eigenvalue weighted by Gasteiger charge is -2.05. The first-order chi connectivity index (χ1) is 8.72. The van der Waals surface area contributed by atoms with Crippen molar-refractivity contribution in [3.05, 3.63) is 23.8 Å². The predicted octanol–water partition coefficient (Wildman–Crippen LogP) is 1.24. The number of carbonyl (C=O) groups excluding carboxylic acids is 1. The minimum atomic E-state index is -0.467. The van der Waals surface area contributed by atoms with Crippen LogP contribution in [0.5, 0.6) is 0 Å². The van der Waals surface area contributed by atoms with Crippen LogP contribution in [0.1, 0.15) is 23.1 Å². The molecule has 0 saturated carbocycles. The number of nitrogen functional groups attached to an aromatic ring is 1. The lowest BCUT2D eigenvalue weighted by Crippen LogP contribution is -2.10. The molecule has 0 saturated heterocycles. The van der Waals surface area contributed by atoms with Crippen molar-refractivity contribution < 1.29 is 9.53 Å². The molecule has 0 radical (unpaired) electrons. The Balaban J connectivity index is 2.10. The second-order valence-corrected chi connectivity index (χ2v) is 4.16. The van der Waals surface area contributed by atoms with E-state index in [0.29, 0.717) is 18.2 Å². The van der Waals surface area contributed by atoms with Crippen molar-refractivity contribution in [3.63, 3.8) is 0 Å². The maximum absolute atomic E-state index is 11.7. The van der Waals surface area contributed by atoms with Gasteiger partial charge in [-0.05, 0) is 18.5 Å². The van der Waals surface area contributed by atoms with Crippen LogP contribution in [0.2, 0.25) is 0 Å². The summed E-state index contributed by atoms with van der Waals surface area (Å²) in [4.78, 5) is 18.7. The molecule has 0 fully saturated rings. The van der Waals surface area contributed by atoms with Gasteiger partial charge in [0.1, 0.15) is 16.4 Å². The summed E-state index contributed by atoms with van der Waals surface area (Å²) in [6.45, 7) is 2.50. The van der Waals surface area contributed by atoms with Crippen LogP contribution in [0.4, 0.5) is 10.8 Å². The van der Waals surface area contributed by atoms with E-state index in [2.05, 4.69) is 19.7 Å². The molecule has 0 aliphatic rings. The Kier molecular flexibility index (Phi) is 3.78. The number of imidazole rings is 1. The smallest absolute Gasteiger partial charge is 0.344 e. The largest absolute Gasteiger partial charge is 0.462 e. The molecule has 0 amide bonds. The van der Waals surface area contributed by atoms with E-state index >= 15 is 0 Å². The van der Waals surface area contributed by atoms with Gasteiger partial charge in [-0.3, -0.25) is 0 Å². The first-order valence-electron chi connectivity index (χ1n) is 5.36. The van der Waals surface area contributed by atoms with Gasteiger partial charge in [0, 0.05) is 12.4 Å². The summed E-state index contributed by atoms with van der Waals surface area (Å²) in [7, 11) is 0. The summed E-state index contributed by atoms with van der Waals surface area (Å²) in [5.41, 5.74) is 5.94. The van der Waals surface area contributed by atoms with Crippen molar-refractivity contribution in [1.29, 1.82) is 0 Å². The van der Waals surface area contributed by atoms with Gasteiger partial charge < -0.3 is 20.8 Å². The number of hydrogen-bond acceptors (Lipinski definition) is 7. The molecule has 0 aliphatic heterocycles. The number of carbonyl (C=O) groups is 1. The summed E-state index contributed by atoms with van der Waals surface area (Å²) in [5, 5.41) is 3.64. The monoisotopic (exact) mass is 267 g/mol. The first kappa shape index (κ1) is 12.4. The first-order valence-corrected chi connectivity index (χ1v) is 6.14. The molecule has 2 heterocycles. The van der Waals surface area contributed by atoms with E-state index in [1.54, 1.807) is 19.3 Å². The predicted molar refractivity (Wildman–Crippen MR) is 68.4 cm³/mol. The third-order valence-corrected chi connectivity index (χ3v) is 2.99. The highest BCUT2D eigenvalue weighted by Crippen LogP contribution is 2.27. The molecular formula is C10H13N5O2S. The number of nitrogens with one attached hydrogen (secondary N) is 2. The number of nitrogens with two attached hydrogens (primary N) is 1. The number of anilines is 2. The highest BCUT2D eigenvalue weighted by molar-refractivity contribution is 7.11. The van der Waals surface area contributed by atoms with Crippen LogP contribution in [0.25, 0.3) is 0 Å². The quantitative estimate of drug-likeness (QED) is 0.704.